The first-order chi connectivity index (χ1) is 11.9. The van der Waals surface area contributed by atoms with E-state index < -0.39 is 0 Å². The zero-order valence-electron chi connectivity index (χ0n) is 14.7. The average Bonchev–Trinajstić information content (AvgIpc) is 2.64. The van der Waals surface area contributed by atoms with Crippen LogP contribution in [0.3, 0.4) is 0 Å². The van der Waals surface area contributed by atoms with Crippen molar-refractivity contribution in [1.29, 1.82) is 0 Å². The van der Waals surface area contributed by atoms with Crippen molar-refractivity contribution < 1.29 is 0 Å². The molecule has 0 amide bonds. The van der Waals surface area contributed by atoms with Crippen molar-refractivity contribution in [1.82, 2.24) is 0 Å². The van der Waals surface area contributed by atoms with Gasteiger partial charge in [0.25, 0.3) is 0 Å². The number of aryl methyl sites for hydroxylation is 2. The van der Waals surface area contributed by atoms with Crippen LogP contribution in [0.25, 0.3) is 21.5 Å². The Morgan fingerprint density at radius 1 is 0.375 bits per heavy atom. The summed E-state index contributed by atoms with van der Waals surface area (Å²) in [7, 11) is 0. The smallest absolute Gasteiger partial charge is 0.0143 e. The van der Waals surface area contributed by atoms with Gasteiger partial charge in [0.1, 0.15) is 0 Å². The molecular formula is C24H28. The zero-order valence-corrected chi connectivity index (χ0v) is 14.7. The molecule has 1 aliphatic rings. The van der Waals surface area contributed by atoms with Crippen LogP contribution >= 0.6 is 0 Å². The summed E-state index contributed by atoms with van der Waals surface area (Å²) >= 11 is 0. The Labute approximate surface area is 145 Å². The van der Waals surface area contributed by atoms with Crippen molar-refractivity contribution >= 4 is 21.5 Å². The first kappa shape index (κ1) is 15.7. The lowest BCUT2D eigenvalue weighted by molar-refractivity contribution is 0.568. The van der Waals surface area contributed by atoms with E-state index >= 15 is 0 Å². The van der Waals surface area contributed by atoms with Crippen molar-refractivity contribution in [3.63, 3.8) is 0 Å². The molecule has 0 aromatic heterocycles. The van der Waals surface area contributed by atoms with Gasteiger partial charge in [-0.1, -0.05) is 87.1 Å². The Morgan fingerprint density at radius 2 is 0.667 bits per heavy atom. The minimum atomic E-state index is 1.22. The number of fused-ring (bicyclic) bond motifs is 3. The molecule has 4 rings (SSSR count). The maximum atomic E-state index is 2.35. The molecule has 0 radical (unpaired) electrons. The molecule has 0 N–H and O–H groups in total. The normalized spacial score (nSPS) is 17.2. The van der Waals surface area contributed by atoms with Crippen LogP contribution in [-0.2, 0) is 12.8 Å². The van der Waals surface area contributed by atoms with Crippen molar-refractivity contribution in [3.05, 3.63) is 59.7 Å². The lowest BCUT2D eigenvalue weighted by atomic mass is 9.87. The predicted octanol–water partition coefficient (Wildman–Crippen LogP) is 7.21. The van der Waals surface area contributed by atoms with Gasteiger partial charge in [-0.25, -0.2) is 0 Å². The molecule has 0 nitrogen and oxygen atoms in total. The Morgan fingerprint density at radius 3 is 1.00 bits per heavy atom. The molecule has 3 aromatic rings. The molecule has 24 heavy (non-hydrogen) atoms. The zero-order chi connectivity index (χ0) is 16.2. The molecule has 0 atom stereocenters. The van der Waals surface area contributed by atoms with Gasteiger partial charge in [0.2, 0.25) is 0 Å². The van der Waals surface area contributed by atoms with Crippen LogP contribution in [0.5, 0.6) is 0 Å². The van der Waals surface area contributed by atoms with E-state index in [1.165, 1.54) is 85.8 Å². The highest BCUT2D eigenvalue weighted by Gasteiger charge is 2.13. The van der Waals surface area contributed by atoms with Gasteiger partial charge < -0.3 is 0 Å². The molecule has 0 fully saturated rings. The summed E-state index contributed by atoms with van der Waals surface area (Å²) in [4.78, 5) is 0. The Kier molecular flexibility index (Phi) is 4.83. The van der Waals surface area contributed by atoms with Gasteiger partial charge in [0.05, 0.1) is 0 Å². The van der Waals surface area contributed by atoms with E-state index in [2.05, 4.69) is 48.5 Å². The number of hydrogen-bond donors (Lipinski definition) is 0. The molecule has 2 bridgehead atoms. The van der Waals surface area contributed by atoms with Crippen molar-refractivity contribution in [2.24, 2.45) is 0 Å². The molecule has 0 heteroatoms. The fraction of sp³-hybridized carbons (Fsp3) is 0.417. The van der Waals surface area contributed by atoms with Crippen LogP contribution in [-0.4, -0.2) is 0 Å². The van der Waals surface area contributed by atoms with E-state index in [4.69, 9.17) is 0 Å². The highest BCUT2D eigenvalue weighted by atomic mass is 14.2. The molecule has 0 spiro atoms. The van der Waals surface area contributed by atoms with E-state index in [1.807, 2.05) is 0 Å². The minimum absolute atomic E-state index is 1.22. The van der Waals surface area contributed by atoms with Gasteiger partial charge in [-0.2, -0.15) is 0 Å². The van der Waals surface area contributed by atoms with Crippen LogP contribution in [0, 0.1) is 0 Å². The lowest BCUT2D eigenvalue weighted by Crippen LogP contribution is -1.98. The van der Waals surface area contributed by atoms with Gasteiger partial charge in [-0.15, -0.1) is 0 Å². The number of hydrogen-bond acceptors (Lipinski definition) is 0. The lowest BCUT2D eigenvalue weighted by Gasteiger charge is -2.17. The van der Waals surface area contributed by atoms with E-state index in [1.54, 1.807) is 11.1 Å². The van der Waals surface area contributed by atoms with Crippen LogP contribution < -0.4 is 0 Å². The predicted molar refractivity (Wildman–Crippen MR) is 106 cm³/mol. The van der Waals surface area contributed by atoms with Crippen molar-refractivity contribution in [2.45, 2.75) is 64.2 Å². The van der Waals surface area contributed by atoms with Crippen LogP contribution in [0.4, 0.5) is 0 Å². The van der Waals surface area contributed by atoms with Gasteiger partial charge in [-0.05, 0) is 58.4 Å². The molecule has 0 saturated carbocycles. The van der Waals surface area contributed by atoms with Crippen LogP contribution in [0.1, 0.15) is 62.5 Å². The summed E-state index contributed by atoms with van der Waals surface area (Å²) in [6.07, 6.45) is 13.5. The number of rotatable bonds is 0. The minimum Gasteiger partial charge on any atom is -0.0616 e. The average molecular weight is 316 g/mol. The largest absolute Gasteiger partial charge is 0.0616 e. The third-order valence-corrected chi connectivity index (χ3v) is 5.76. The highest BCUT2D eigenvalue weighted by Crippen LogP contribution is 2.35. The maximum Gasteiger partial charge on any atom is -0.0143 e. The van der Waals surface area contributed by atoms with Gasteiger partial charge >= 0.3 is 0 Å². The molecule has 0 unspecified atom stereocenters. The first-order valence-corrected chi connectivity index (χ1v) is 9.86. The van der Waals surface area contributed by atoms with Gasteiger partial charge in [-0.3, -0.25) is 0 Å². The fourth-order valence-electron chi connectivity index (χ4n) is 4.51. The third kappa shape index (κ3) is 3.07. The summed E-state index contributed by atoms with van der Waals surface area (Å²) in [5, 5.41) is 6.01. The van der Waals surface area contributed by atoms with E-state index in [9.17, 15) is 0 Å². The molecule has 3 aromatic carbocycles. The molecule has 1 aliphatic carbocycles. The van der Waals surface area contributed by atoms with Crippen LogP contribution in [0.2, 0.25) is 0 Å². The summed E-state index contributed by atoms with van der Waals surface area (Å²) in [6, 6.07) is 18.3. The molecule has 0 aliphatic heterocycles. The Hall–Kier alpha value is -1.82. The summed E-state index contributed by atoms with van der Waals surface area (Å²) in [5.41, 5.74) is 3.17. The van der Waals surface area contributed by atoms with Gasteiger partial charge in [0, 0.05) is 0 Å². The quantitative estimate of drug-likeness (QED) is 0.384. The molecule has 0 saturated heterocycles. The SMILES string of the molecule is c1ccc2c3c4ccccc4c(c2c1)CCCCCCCCCC3. The molecule has 0 heterocycles. The summed E-state index contributed by atoms with van der Waals surface area (Å²) < 4.78 is 0. The topological polar surface area (TPSA) is 0 Å². The summed E-state index contributed by atoms with van der Waals surface area (Å²) in [6.45, 7) is 0. The number of benzene rings is 3. The van der Waals surface area contributed by atoms with Gasteiger partial charge in [0.15, 0.2) is 0 Å². The standard InChI is InChI=1S/C24H28/c1-2-4-6-8-14-20-23-17-11-9-15-21(23)19(13-7-5-3-1)22-16-10-12-18-24(20)22/h9-12,15-18H,1-8,13-14H2. The first-order valence-electron chi connectivity index (χ1n) is 9.86. The highest BCUT2D eigenvalue weighted by molar-refractivity contribution is 6.05. The maximum absolute atomic E-state index is 2.35. The molecule has 124 valence electrons. The monoisotopic (exact) mass is 316 g/mol. The Bertz CT molecular complexity index is 701. The molecular weight excluding hydrogens is 288 g/mol. The second kappa shape index (κ2) is 7.38. The van der Waals surface area contributed by atoms with E-state index in [-0.39, 0.29) is 0 Å². The Balaban J connectivity index is 1.92. The summed E-state index contributed by atoms with van der Waals surface area (Å²) in [5.74, 6) is 0. The second-order valence-electron chi connectivity index (χ2n) is 7.38. The van der Waals surface area contributed by atoms with E-state index in [0.29, 0.717) is 0 Å². The fourth-order valence-corrected chi connectivity index (χ4v) is 4.51. The second-order valence-corrected chi connectivity index (χ2v) is 7.38. The van der Waals surface area contributed by atoms with Crippen LogP contribution in [0.15, 0.2) is 48.5 Å². The third-order valence-electron chi connectivity index (χ3n) is 5.76. The van der Waals surface area contributed by atoms with Crippen molar-refractivity contribution in [3.8, 4) is 0 Å². The van der Waals surface area contributed by atoms with E-state index in [0.717, 1.165) is 0 Å². The van der Waals surface area contributed by atoms with Crippen molar-refractivity contribution in [2.75, 3.05) is 0 Å².